The van der Waals surface area contributed by atoms with Crippen LogP contribution in [-0.4, -0.2) is 17.6 Å². The van der Waals surface area contributed by atoms with Gasteiger partial charge in [0.25, 0.3) is 5.91 Å². The molecule has 6 nitrogen and oxygen atoms in total. The maximum absolute atomic E-state index is 13.2. The molecule has 1 unspecified atom stereocenters. The average molecular weight is 365 g/mol. The van der Waals surface area contributed by atoms with Crippen LogP contribution in [0.5, 0.6) is 11.5 Å². The molecule has 0 saturated carbocycles. The Bertz CT molecular complexity index is 1120. The van der Waals surface area contributed by atoms with Crippen molar-refractivity contribution in [3.8, 4) is 11.5 Å². The Balaban J connectivity index is 1.91. The van der Waals surface area contributed by atoms with Crippen LogP contribution in [-0.2, 0) is 6.42 Å². The molecule has 2 N–H and O–H groups in total. The van der Waals surface area contributed by atoms with E-state index in [0.717, 1.165) is 12.0 Å². The fraction of sp³-hybridized carbons (Fsp3) is 0.238. The highest BCUT2D eigenvalue weighted by molar-refractivity contribution is 5.99. The van der Waals surface area contributed by atoms with Crippen molar-refractivity contribution in [3.05, 3.63) is 69.1 Å². The van der Waals surface area contributed by atoms with E-state index in [9.17, 15) is 14.7 Å². The molecular weight excluding hydrogens is 346 g/mol. The molecule has 27 heavy (non-hydrogen) atoms. The number of aromatic hydroxyl groups is 1. The van der Waals surface area contributed by atoms with Gasteiger partial charge in [-0.2, -0.15) is 0 Å². The monoisotopic (exact) mass is 365 g/mol. The zero-order valence-electron chi connectivity index (χ0n) is 15.0. The number of fused-ring (bicyclic) bond motifs is 2. The van der Waals surface area contributed by atoms with Crippen molar-refractivity contribution in [1.29, 1.82) is 0 Å². The quantitative estimate of drug-likeness (QED) is 0.741. The lowest BCUT2D eigenvalue weighted by atomic mass is 9.98. The van der Waals surface area contributed by atoms with Crippen molar-refractivity contribution in [1.82, 2.24) is 5.32 Å². The smallest absolute Gasteiger partial charge is 0.288 e. The molecule has 1 aromatic heterocycles. The van der Waals surface area contributed by atoms with Crippen molar-refractivity contribution >= 4 is 16.9 Å². The van der Waals surface area contributed by atoms with E-state index in [4.69, 9.17) is 9.15 Å². The third-order valence-electron chi connectivity index (χ3n) is 4.79. The molecule has 4 rings (SSSR count). The number of hydrogen-bond acceptors (Lipinski definition) is 5. The van der Waals surface area contributed by atoms with Crippen LogP contribution in [0.4, 0.5) is 0 Å². The Hall–Kier alpha value is -3.28. The molecule has 138 valence electrons. The summed E-state index contributed by atoms with van der Waals surface area (Å²) in [4.78, 5) is 25.6. The molecule has 0 fully saturated rings. The standard InChI is InChI=1S/C21H19NO5/c1-3-11-5-8-15-13(9-11)19(24)17-18(22-21(25)20(17)27-15)12-6-7-14(23)16(10-12)26-4-2/h5-10,18,23H,3-4H2,1-2H3,(H,22,25). The predicted octanol–water partition coefficient (Wildman–Crippen LogP) is 3.29. The molecule has 0 radical (unpaired) electrons. The minimum absolute atomic E-state index is 0.00304. The van der Waals surface area contributed by atoms with Crippen LogP contribution in [0.15, 0.2) is 45.6 Å². The van der Waals surface area contributed by atoms with E-state index in [1.54, 1.807) is 18.2 Å². The number of aryl methyl sites for hydroxylation is 1. The minimum Gasteiger partial charge on any atom is -0.504 e. The van der Waals surface area contributed by atoms with Gasteiger partial charge in [0.2, 0.25) is 5.76 Å². The van der Waals surface area contributed by atoms with Crippen LogP contribution in [0, 0.1) is 0 Å². The molecule has 6 heteroatoms. The molecule has 2 heterocycles. The fourth-order valence-corrected chi connectivity index (χ4v) is 3.41. The van der Waals surface area contributed by atoms with Crippen LogP contribution in [0.25, 0.3) is 11.0 Å². The number of benzene rings is 2. The van der Waals surface area contributed by atoms with Crippen molar-refractivity contribution < 1.29 is 19.1 Å². The normalized spacial score (nSPS) is 15.6. The summed E-state index contributed by atoms with van der Waals surface area (Å²) in [5.74, 6) is -0.0909. The Morgan fingerprint density at radius 2 is 1.96 bits per heavy atom. The number of nitrogens with one attached hydrogen (secondary N) is 1. The SMILES string of the molecule is CCOc1cc(C2NC(=O)c3oc4ccc(CC)cc4c(=O)c32)ccc1O. The summed E-state index contributed by atoms with van der Waals surface area (Å²) < 4.78 is 11.2. The lowest BCUT2D eigenvalue weighted by Gasteiger charge is -2.14. The lowest BCUT2D eigenvalue weighted by molar-refractivity contribution is 0.0938. The van der Waals surface area contributed by atoms with E-state index < -0.39 is 11.9 Å². The summed E-state index contributed by atoms with van der Waals surface area (Å²) in [6.07, 6.45) is 0.794. The summed E-state index contributed by atoms with van der Waals surface area (Å²) in [6, 6.07) is 9.54. The van der Waals surface area contributed by atoms with Crippen LogP contribution >= 0.6 is 0 Å². The summed E-state index contributed by atoms with van der Waals surface area (Å²) in [5, 5.41) is 13.2. The predicted molar refractivity (Wildman–Crippen MR) is 100 cm³/mol. The molecule has 0 spiro atoms. The molecule has 3 aromatic rings. The maximum atomic E-state index is 13.2. The second kappa shape index (κ2) is 6.46. The molecule has 1 aliphatic rings. The topological polar surface area (TPSA) is 88.8 Å². The number of hydrogen-bond donors (Lipinski definition) is 2. The molecule has 1 atom stereocenters. The van der Waals surface area contributed by atoms with Crippen molar-refractivity contribution in [2.24, 2.45) is 0 Å². The Morgan fingerprint density at radius 1 is 1.15 bits per heavy atom. The van der Waals surface area contributed by atoms with E-state index in [-0.39, 0.29) is 22.5 Å². The van der Waals surface area contributed by atoms with Gasteiger partial charge in [-0.3, -0.25) is 9.59 Å². The Kier molecular flexibility index (Phi) is 4.11. The van der Waals surface area contributed by atoms with Crippen LogP contribution in [0.2, 0.25) is 0 Å². The summed E-state index contributed by atoms with van der Waals surface area (Å²) in [7, 11) is 0. The zero-order chi connectivity index (χ0) is 19.1. The zero-order valence-corrected chi connectivity index (χ0v) is 15.0. The van der Waals surface area contributed by atoms with Gasteiger partial charge in [-0.05, 0) is 48.7 Å². The average Bonchev–Trinajstić information content (AvgIpc) is 3.00. The summed E-state index contributed by atoms with van der Waals surface area (Å²) in [6.45, 7) is 4.21. The number of amides is 1. The first-order valence-corrected chi connectivity index (χ1v) is 8.89. The van der Waals surface area contributed by atoms with Gasteiger partial charge in [0, 0.05) is 0 Å². The van der Waals surface area contributed by atoms with Gasteiger partial charge in [-0.1, -0.05) is 19.1 Å². The Morgan fingerprint density at radius 3 is 2.70 bits per heavy atom. The molecule has 0 bridgehead atoms. The van der Waals surface area contributed by atoms with Crippen molar-refractivity contribution in [2.75, 3.05) is 6.61 Å². The third kappa shape index (κ3) is 2.73. The molecule has 0 saturated heterocycles. The van der Waals surface area contributed by atoms with Gasteiger partial charge >= 0.3 is 0 Å². The van der Waals surface area contributed by atoms with Crippen molar-refractivity contribution in [3.63, 3.8) is 0 Å². The summed E-state index contributed by atoms with van der Waals surface area (Å²) >= 11 is 0. The molecule has 1 amide bonds. The molecule has 2 aromatic carbocycles. The van der Waals surface area contributed by atoms with Gasteiger partial charge in [-0.15, -0.1) is 0 Å². The van der Waals surface area contributed by atoms with Gasteiger partial charge in [0.05, 0.1) is 23.6 Å². The highest BCUT2D eigenvalue weighted by Crippen LogP contribution is 2.35. The number of phenolic OH excluding ortho intramolecular Hbond substituents is 1. The molecule has 1 aliphatic heterocycles. The van der Waals surface area contributed by atoms with Crippen LogP contribution in [0.3, 0.4) is 0 Å². The van der Waals surface area contributed by atoms with Gasteiger partial charge < -0.3 is 19.6 Å². The lowest BCUT2D eigenvalue weighted by Crippen LogP contribution is -2.22. The number of carbonyl (C=O) groups excluding carboxylic acids is 1. The van der Waals surface area contributed by atoms with E-state index in [0.29, 0.717) is 28.9 Å². The van der Waals surface area contributed by atoms with Crippen LogP contribution in [0.1, 0.15) is 47.1 Å². The third-order valence-corrected chi connectivity index (χ3v) is 4.79. The number of carbonyl (C=O) groups is 1. The minimum atomic E-state index is -0.654. The summed E-state index contributed by atoms with van der Waals surface area (Å²) in [5.41, 5.74) is 2.12. The fourth-order valence-electron chi connectivity index (χ4n) is 3.41. The van der Waals surface area contributed by atoms with E-state index in [2.05, 4.69) is 5.32 Å². The van der Waals surface area contributed by atoms with E-state index in [1.807, 2.05) is 26.0 Å². The van der Waals surface area contributed by atoms with E-state index >= 15 is 0 Å². The highest BCUT2D eigenvalue weighted by atomic mass is 16.5. The number of rotatable bonds is 4. The van der Waals surface area contributed by atoms with Crippen molar-refractivity contribution in [2.45, 2.75) is 26.3 Å². The largest absolute Gasteiger partial charge is 0.504 e. The van der Waals surface area contributed by atoms with Gasteiger partial charge in [-0.25, -0.2) is 0 Å². The van der Waals surface area contributed by atoms with E-state index in [1.165, 1.54) is 6.07 Å². The highest BCUT2D eigenvalue weighted by Gasteiger charge is 2.36. The molecular formula is C21H19NO5. The first-order chi connectivity index (χ1) is 13.0. The number of phenols is 1. The first-order valence-electron chi connectivity index (χ1n) is 8.89. The second-order valence-electron chi connectivity index (χ2n) is 6.42. The second-order valence-corrected chi connectivity index (χ2v) is 6.42. The van der Waals surface area contributed by atoms with Gasteiger partial charge in [0.15, 0.2) is 16.9 Å². The Labute approximate surface area is 155 Å². The number of ether oxygens (including phenoxy) is 1. The van der Waals surface area contributed by atoms with Gasteiger partial charge in [0.1, 0.15) is 5.58 Å². The molecule has 0 aliphatic carbocycles. The first kappa shape index (κ1) is 17.1. The van der Waals surface area contributed by atoms with Crippen LogP contribution < -0.4 is 15.5 Å². The maximum Gasteiger partial charge on any atom is 0.288 e.